The van der Waals surface area contributed by atoms with E-state index < -0.39 is 0 Å². The molecule has 1 atom stereocenters. The summed E-state index contributed by atoms with van der Waals surface area (Å²) < 4.78 is 0.861. The van der Waals surface area contributed by atoms with Gasteiger partial charge in [0.25, 0.3) is 0 Å². The van der Waals surface area contributed by atoms with Crippen LogP contribution in [-0.2, 0) is 6.42 Å². The maximum Gasteiger partial charge on any atom is 0.152 e. The van der Waals surface area contributed by atoms with Crippen LogP contribution in [0.4, 0.5) is 5.69 Å². The van der Waals surface area contributed by atoms with Crippen LogP contribution in [0, 0.1) is 6.92 Å². The number of hydrogen-bond acceptors (Lipinski definition) is 3. The number of hydrogen-bond donors (Lipinski definition) is 1. The first kappa shape index (κ1) is 12.3. The summed E-state index contributed by atoms with van der Waals surface area (Å²) in [6, 6.07) is 4.38. The van der Waals surface area contributed by atoms with Gasteiger partial charge in [-0.3, -0.25) is 0 Å². The minimum atomic E-state index is 0.296. The summed E-state index contributed by atoms with van der Waals surface area (Å²) in [5.74, 6) is 0. The molecule has 18 heavy (non-hydrogen) atoms. The van der Waals surface area contributed by atoms with E-state index in [1.807, 2.05) is 13.0 Å². The minimum Gasteiger partial charge on any atom is -0.376 e. The zero-order valence-electron chi connectivity index (χ0n) is 9.84. The number of pyridine rings is 1. The Hall–Kier alpha value is -0.770. The van der Waals surface area contributed by atoms with E-state index in [0.29, 0.717) is 11.2 Å². The molecule has 0 amide bonds. The molecule has 1 aliphatic carbocycles. The van der Waals surface area contributed by atoms with E-state index in [1.165, 1.54) is 10.4 Å². The summed E-state index contributed by atoms with van der Waals surface area (Å²) in [5, 5.41) is 4.00. The topological polar surface area (TPSA) is 24.9 Å². The monoisotopic (exact) mass is 298 g/mol. The van der Waals surface area contributed by atoms with Crippen LogP contribution < -0.4 is 5.32 Å². The summed E-state index contributed by atoms with van der Waals surface area (Å²) in [4.78, 5) is 5.54. The lowest BCUT2D eigenvalue weighted by molar-refractivity contribution is 0.761. The highest BCUT2D eigenvalue weighted by atomic mass is 35.5. The van der Waals surface area contributed by atoms with E-state index in [-0.39, 0.29) is 0 Å². The summed E-state index contributed by atoms with van der Waals surface area (Å²) in [6.07, 6.45) is 3.94. The SMILES string of the molecule is Cc1cnc(Cl)c(NC2CCc3sc(Cl)cc32)c1. The molecular weight excluding hydrogens is 287 g/mol. The van der Waals surface area contributed by atoms with Gasteiger partial charge >= 0.3 is 0 Å². The summed E-state index contributed by atoms with van der Waals surface area (Å²) in [7, 11) is 0. The molecule has 0 spiro atoms. The van der Waals surface area contributed by atoms with E-state index in [1.54, 1.807) is 17.5 Å². The van der Waals surface area contributed by atoms with Gasteiger partial charge in [0.2, 0.25) is 0 Å². The molecule has 1 unspecified atom stereocenters. The van der Waals surface area contributed by atoms with Crippen molar-refractivity contribution in [3.8, 4) is 0 Å². The second kappa shape index (κ2) is 4.72. The van der Waals surface area contributed by atoms with Crippen molar-refractivity contribution < 1.29 is 0 Å². The van der Waals surface area contributed by atoms with Crippen LogP contribution in [0.5, 0.6) is 0 Å². The van der Waals surface area contributed by atoms with E-state index in [4.69, 9.17) is 23.2 Å². The molecule has 1 N–H and O–H groups in total. The Balaban J connectivity index is 1.88. The van der Waals surface area contributed by atoms with Crippen molar-refractivity contribution in [1.82, 2.24) is 4.98 Å². The highest BCUT2D eigenvalue weighted by Gasteiger charge is 2.25. The van der Waals surface area contributed by atoms with Gasteiger partial charge < -0.3 is 5.32 Å². The summed E-state index contributed by atoms with van der Waals surface area (Å²) in [5.41, 5.74) is 3.31. The van der Waals surface area contributed by atoms with Crippen molar-refractivity contribution >= 4 is 40.2 Å². The Morgan fingerprint density at radius 3 is 3.06 bits per heavy atom. The van der Waals surface area contributed by atoms with Gasteiger partial charge in [0.15, 0.2) is 5.15 Å². The standard InChI is InChI=1S/C13H12Cl2N2S/c1-7-4-10(13(15)16-6-7)17-9-2-3-11-8(9)5-12(14)18-11/h4-6,9,17H,2-3H2,1H3. The van der Waals surface area contributed by atoms with Gasteiger partial charge in [-0.05, 0) is 43.0 Å². The van der Waals surface area contributed by atoms with Gasteiger partial charge in [-0.15, -0.1) is 11.3 Å². The fourth-order valence-corrected chi connectivity index (χ4v) is 3.84. The van der Waals surface area contributed by atoms with E-state index in [9.17, 15) is 0 Å². The lowest BCUT2D eigenvalue weighted by Crippen LogP contribution is -2.07. The van der Waals surface area contributed by atoms with Crippen LogP contribution in [0.15, 0.2) is 18.3 Å². The number of nitrogens with zero attached hydrogens (tertiary/aromatic N) is 1. The molecule has 0 radical (unpaired) electrons. The molecule has 0 bridgehead atoms. The minimum absolute atomic E-state index is 0.296. The number of aryl methyl sites for hydroxylation is 2. The molecule has 0 saturated carbocycles. The Morgan fingerprint density at radius 2 is 2.22 bits per heavy atom. The second-order valence-corrected chi connectivity index (χ2v) is 6.64. The van der Waals surface area contributed by atoms with Gasteiger partial charge in [-0.1, -0.05) is 23.2 Å². The second-order valence-electron chi connectivity index (χ2n) is 4.52. The normalized spacial score (nSPS) is 17.8. The van der Waals surface area contributed by atoms with Crippen LogP contribution in [0.25, 0.3) is 0 Å². The smallest absolute Gasteiger partial charge is 0.152 e. The largest absolute Gasteiger partial charge is 0.376 e. The summed E-state index contributed by atoms with van der Waals surface area (Å²) >= 11 is 13.8. The van der Waals surface area contributed by atoms with Crippen molar-refractivity contribution in [2.45, 2.75) is 25.8 Å². The van der Waals surface area contributed by atoms with Crippen LogP contribution in [0.2, 0.25) is 9.49 Å². The molecule has 2 aromatic rings. The lowest BCUT2D eigenvalue weighted by Gasteiger charge is -2.15. The van der Waals surface area contributed by atoms with Crippen molar-refractivity contribution in [2.75, 3.05) is 5.32 Å². The van der Waals surface area contributed by atoms with E-state index in [2.05, 4.69) is 16.4 Å². The Kier molecular flexibility index (Phi) is 3.22. The maximum atomic E-state index is 6.11. The highest BCUT2D eigenvalue weighted by Crippen LogP contribution is 2.41. The van der Waals surface area contributed by atoms with Crippen molar-refractivity contribution in [2.24, 2.45) is 0 Å². The van der Waals surface area contributed by atoms with Gasteiger partial charge in [0.05, 0.1) is 16.1 Å². The number of anilines is 1. The Bertz CT molecular complexity index is 595. The first-order valence-electron chi connectivity index (χ1n) is 5.80. The molecule has 2 aromatic heterocycles. The molecular formula is C13H12Cl2N2S. The predicted octanol–water partition coefficient (Wildman–Crippen LogP) is 4.86. The zero-order valence-corrected chi connectivity index (χ0v) is 12.2. The molecule has 2 heterocycles. The van der Waals surface area contributed by atoms with E-state index >= 15 is 0 Å². The number of rotatable bonds is 2. The molecule has 0 saturated heterocycles. The molecule has 1 aliphatic rings. The fraction of sp³-hybridized carbons (Fsp3) is 0.308. The van der Waals surface area contributed by atoms with Gasteiger partial charge in [0.1, 0.15) is 0 Å². The van der Waals surface area contributed by atoms with Crippen molar-refractivity contribution in [3.05, 3.63) is 43.8 Å². The molecule has 0 aliphatic heterocycles. The molecule has 3 rings (SSSR count). The molecule has 5 heteroatoms. The van der Waals surface area contributed by atoms with Gasteiger partial charge in [-0.2, -0.15) is 0 Å². The number of aromatic nitrogens is 1. The average Bonchev–Trinajstić information content (AvgIpc) is 2.84. The predicted molar refractivity (Wildman–Crippen MR) is 78.0 cm³/mol. The molecule has 94 valence electrons. The Morgan fingerprint density at radius 1 is 1.39 bits per heavy atom. The number of halogens is 2. The third-order valence-corrected chi connectivity index (χ3v) is 4.79. The fourth-order valence-electron chi connectivity index (χ4n) is 2.32. The third-order valence-electron chi connectivity index (χ3n) is 3.15. The lowest BCUT2D eigenvalue weighted by atomic mass is 10.1. The molecule has 0 aromatic carbocycles. The summed E-state index contributed by atoms with van der Waals surface area (Å²) in [6.45, 7) is 2.01. The quantitative estimate of drug-likeness (QED) is 0.801. The van der Waals surface area contributed by atoms with Crippen LogP contribution in [0.1, 0.15) is 28.5 Å². The number of thiophene rings is 1. The van der Waals surface area contributed by atoms with Crippen LogP contribution in [-0.4, -0.2) is 4.98 Å². The maximum absolute atomic E-state index is 6.11. The first-order chi connectivity index (χ1) is 8.63. The van der Waals surface area contributed by atoms with Crippen LogP contribution >= 0.6 is 34.5 Å². The van der Waals surface area contributed by atoms with Crippen molar-refractivity contribution in [1.29, 1.82) is 0 Å². The van der Waals surface area contributed by atoms with Gasteiger partial charge in [0, 0.05) is 11.1 Å². The highest BCUT2D eigenvalue weighted by molar-refractivity contribution is 7.16. The number of fused-ring (bicyclic) bond motifs is 1. The van der Waals surface area contributed by atoms with Gasteiger partial charge in [-0.25, -0.2) is 4.98 Å². The average molecular weight is 299 g/mol. The number of nitrogens with one attached hydrogen (secondary N) is 1. The van der Waals surface area contributed by atoms with Crippen LogP contribution in [0.3, 0.4) is 0 Å². The molecule has 0 fully saturated rings. The van der Waals surface area contributed by atoms with E-state index in [0.717, 1.165) is 28.4 Å². The third kappa shape index (κ3) is 2.22. The Labute approximate surface area is 120 Å². The zero-order chi connectivity index (χ0) is 12.7. The molecule has 2 nitrogen and oxygen atoms in total. The first-order valence-corrected chi connectivity index (χ1v) is 7.37. The van der Waals surface area contributed by atoms with Crippen molar-refractivity contribution in [3.63, 3.8) is 0 Å².